The molecule has 0 aliphatic rings. The van der Waals surface area contributed by atoms with Gasteiger partial charge in [-0.05, 0) is 29.8 Å². The maximum absolute atomic E-state index is 14.1. The Labute approximate surface area is 122 Å². The second kappa shape index (κ2) is 5.67. The van der Waals surface area contributed by atoms with E-state index in [0.717, 1.165) is 30.3 Å². The van der Waals surface area contributed by atoms with Crippen LogP contribution in [0.25, 0.3) is 11.1 Å². The fraction of sp³-hybridized carbons (Fsp3) is 0.0769. The van der Waals surface area contributed by atoms with E-state index in [1.165, 1.54) is 6.07 Å². The molecule has 2 rings (SSSR count). The topological polar surface area (TPSA) is 40.5 Å². The smallest absolute Gasteiger partial charge is 0.423 e. The Bertz CT molecular complexity index is 656. The van der Waals surface area contributed by atoms with Gasteiger partial charge in [-0.2, -0.15) is 13.2 Å². The van der Waals surface area contributed by atoms with Crippen molar-refractivity contribution in [2.45, 2.75) is 6.18 Å². The largest absolute Gasteiger partial charge is 0.491 e. The second-order valence-corrected chi connectivity index (χ2v) is 4.74. The van der Waals surface area contributed by atoms with E-state index in [9.17, 15) is 17.6 Å². The Morgan fingerprint density at radius 1 is 1.00 bits per heavy atom. The summed E-state index contributed by atoms with van der Waals surface area (Å²) in [5, 5.41) is 18.2. The summed E-state index contributed by atoms with van der Waals surface area (Å²) in [7, 11) is -2.07. The van der Waals surface area contributed by atoms with Gasteiger partial charge in [-0.3, -0.25) is 0 Å². The molecule has 21 heavy (non-hydrogen) atoms. The zero-order valence-corrected chi connectivity index (χ0v) is 11.1. The fourth-order valence-corrected chi connectivity index (χ4v) is 2.07. The highest BCUT2D eigenvalue weighted by Gasteiger charge is 2.30. The summed E-state index contributed by atoms with van der Waals surface area (Å²) < 4.78 is 51.5. The minimum atomic E-state index is -4.49. The van der Waals surface area contributed by atoms with Crippen molar-refractivity contribution < 1.29 is 27.6 Å². The standard InChI is InChI=1S/C13H8BClF4O2/c15-9-5-10(12(16)11(6-9)14(20)21)7-1-3-8(4-2-7)13(17,18)19/h1-6,20-21H. The fourth-order valence-electron chi connectivity index (χ4n) is 1.85. The Morgan fingerprint density at radius 2 is 1.57 bits per heavy atom. The highest BCUT2D eigenvalue weighted by molar-refractivity contribution is 6.59. The van der Waals surface area contributed by atoms with E-state index in [1.54, 1.807) is 0 Å². The second-order valence-electron chi connectivity index (χ2n) is 4.31. The first kappa shape index (κ1) is 15.8. The van der Waals surface area contributed by atoms with Gasteiger partial charge in [0.25, 0.3) is 0 Å². The summed E-state index contributed by atoms with van der Waals surface area (Å²) in [6, 6.07) is 6.03. The molecule has 2 N–H and O–H groups in total. The van der Waals surface area contributed by atoms with Gasteiger partial charge in [-0.15, -0.1) is 0 Å². The van der Waals surface area contributed by atoms with Crippen molar-refractivity contribution in [1.82, 2.24) is 0 Å². The minimum Gasteiger partial charge on any atom is -0.423 e. The molecule has 0 bridgehead atoms. The van der Waals surface area contributed by atoms with Gasteiger partial charge in [0, 0.05) is 16.0 Å². The maximum atomic E-state index is 14.1. The normalized spacial score (nSPS) is 11.6. The molecular weight excluding hydrogens is 310 g/mol. The first-order chi connectivity index (χ1) is 9.70. The Morgan fingerprint density at radius 3 is 2.05 bits per heavy atom. The van der Waals surface area contributed by atoms with Crippen LogP contribution in [-0.4, -0.2) is 17.2 Å². The van der Waals surface area contributed by atoms with Crippen LogP contribution in [-0.2, 0) is 6.18 Å². The Balaban J connectivity index is 2.52. The van der Waals surface area contributed by atoms with E-state index in [4.69, 9.17) is 21.6 Å². The lowest BCUT2D eigenvalue weighted by molar-refractivity contribution is -0.137. The van der Waals surface area contributed by atoms with Crippen molar-refractivity contribution in [2.75, 3.05) is 0 Å². The van der Waals surface area contributed by atoms with E-state index in [2.05, 4.69) is 0 Å². The molecular formula is C13H8BClF4O2. The molecule has 0 aromatic heterocycles. The third kappa shape index (κ3) is 3.37. The van der Waals surface area contributed by atoms with Crippen molar-refractivity contribution in [3.8, 4) is 11.1 Å². The lowest BCUT2D eigenvalue weighted by Gasteiger charge is -2.11. The lowest BCUT2D eigenvalue weighted by Crippen LogP contribution is -2.33. The number of hydrogen-bond donors (Lipinski definition) is 2. The van der Waals surface area contributed by atoms with Crippen LogP contribution < -0.4 is 5.46 Å². The van der Waals surface area contributed by atoms with Gasteiger partial charge in [0.15, 0.2) is 0 Å². The summed E-state index contributed by atoms with van der Waals surface area (Å²) in [6.07, 6.45) is -4.49. The summed E-state index contributed by atoms with van der Waals surface area (Å²) in [4.78, 5) is 0. The average Bonchev–Trinajstić information content (AvgIpc) is 2.40. The summed E-state index contributed by atoms with van der Waals surface area (Å²) >= 11 is 5.75. The SMILES string of the molecule is OB(O)c1cc(Cl)cc(-c2ccc(C(F)(F)F)cc2)c1F. The van der Waals surface area contributed by atoms with E-state index < -0.39 is 30.1 Å². The average molecular weight is 318 g/mol. The molecule has 8 heteroatoms. The van der Waals surface area contributed by atoms with Crippen molar-refractivity contribution in [2.24, 2.45) is 0 Å². The number of rotatable bonds is 2. The van der Waals surface area contributed by atoms with Crippen LogP contribution in [0.4, 0.5) is 17.6 Å². The van der Waals surface area contributed by atoms with Crippen LogP contribution in [0, 0.1) is 5.82 Å². The number of alkyl halides is 3. The molecule has 0 atom stereocenters. The van der Waals surface area contributed by atoms with Gasteiger partial charge in [-0.1, -0.05) is 23.7 Å². The highest BCUT2D eigenvalue weighted by Crippen LogP contribution is 2.32. The first-order valence-corrected chi connectivity index (χ1v) is 6.10. The monoisotopic (exact) mass is 318 g/mol. The predicted molar refractivity (Wildman–Crippen MR) is 71.7 cm³/mol. The van der Waals surface area contributed by atoms with Crippen LogP contribution in [0.5, 0.6) is 0 Å². The highest BCUT2D eigenvalue weighted by atomic mass is 35.5. The van der Waals surface area contributed by atoms with Crippen LogP contribution >= 0.6 is 11.6 Å². The molecule has 2 nitrogen and oxygen atoms in total. The zero-order valence-electron chi connectivity index (χ0n) is 10.3. The summed E-state index contributed by atoms with van der Waals surface area (Å²) in [5.41, 5.74) is -1.28. The van der Waals surface area contributed by atoms with E-state index in [-0.39, 0.29) is 16.1 Å². The third-order valence-electron chi connectivity index (χ3n) is 2.87. The minimum absolute atomic E-state index is 0.0365. The molecule has 0 fully saturated rings. The predicted octanol–water partition coefficient (Wildman–Crippen LogP) is 2.84. The van der Waals surface area contributed by atoms with Crippen LogP contribution in [0.1, 0.15) is 5.56 Å². The molecule has 0 unspecified atom stereocenters. The van der Waals surface area contributed by atoms with Gasteiger partial charge in [0.1, 0.15) is 5.82 Å². The molecule has 2 aromatic rings. The van der Waals surface area contributed by atoms with Gasteiger partial charge in [0.05, 0.1) is 5.56 Å². The van der Waals surface area contributed by atoms with Crippen molar-refractivity contribution >= 4 is 24.2 Å². The molecule has 0 aliphatic carbocycles. The van der Waals surface area contributed by atoms with Crippen LogP contribution in [0.3, 0.4) is 0 Å². The molecule has 2 aromatic carbocycles. The van der Waals surface area contributed by atoms with Crippen LogP contribution in [0.2, 0.25) is 5.02 Å². The first-order valence-electron chi connectivity index (χ1n) is 5.73. The van der Waals surface area contributed by atoms with Crippen molar-refractivity contribution in [3.05, 3.63) is 52.8 Å². The Hall–Kier alpha value is -1.57. The summed E-state index contributed by atoms with van der Waals surface area (Å²) in [6.45, 7) is 0. The lowest BCUT2D eigenvalue weighted by atomic mass is 9.78. The van der Waals surface area contributed by atoms with E-state index in [0.29, 0.717) is 0 Å². The summed E-state index contributed by atoms with van der Waals surface area (Å²) in [5.74, 6) is -0.950. The van der Waals surface area contributed by atoms with E-state index in [1.807, 2.05) is 0 Å². The van der Waals surface area contributed by atoms with Gasteiger partial charge in [-0.25, -0.2) is 4.39 Å². The molecule has 0 aliphatic heterocycles. The molecule has 110 valence electrons. The number of hydrogen-bond acceptors (Lipinski definition) is 2. The van der Waals surface area contributed by atoms with Gasteiger partial charge >= 0.3 is 13.3 Å². The molecule has 0 amide bonds. The van der Waals surface area contributed by atoms with Crippen molar-refractivity contribution in [1.29, 1.82) is 0 Å². The van der Waals surface area contributed by atoms with E-state index >= 15 is 0 Å². The number of halogens is 5. The Kier molecular flexibility index (Phi) is 4.27. The maximum Gasteiger partial charge on any atom is 0.491 e. The molecule has 0 spiro atoms. The van der Waals surface area contributed by atoms with Crippen LogP contribution in [0.15, 0.2) is 36.4 Å². The van der Waals surface area contributed by atoms with Crippen molar-refractivity contribution in [3.63, 3.8) is 0 Å². The van der Waals surface area contributed by atoms with Gasteiger partial charge < -0.3 is 10.0 Å². The molecule has 0 saturated heterocycles. The van der Waals surface area contributed by atoms with Gasteiger partial charge in [0.2, 0.25) is 0 Å². The molecule has 0 radical (unpaired) electrons. The number of benzene rings is 2. The molecule has 0 saturated carbocycles. The molecule has 0 heterocycles. The third-order valence-corrected chi connectivity index (χ3v) is 3.09. The quantitative estimate of drug-likeness (QED) is 0.660. The zero-order chi connectivity index (χ0) is 15.8.